The van der Waals surface area contributed by atoms with E-state index in [1.165, 1.54) is 38.2 Å². The number of halogens is 2. The fourth-order valence-corrected chi connectivity index (χ4v) is 5.19. The molecular formula is C28H24FIN4O6. The standard InChI is InChI=1S/C28H24FIN4O6/c1-14-24-23(25(32(2)26(14)38)31-20-9-8-17(30)12-19(20)29)27(39)33(13-22(36)37)28(40)34(24)18-5-3-4-16(11-18)21(35)10-15-6-7-15/h3-5,8-9,11-12,15,31H,6-7,10,13H2,1-2H3,(H,36,37). The Kier molecular flexibility index (Phi) is 7.21. The van der Waals surface area contributed by atoms with Crippen molar-refractivity contribution >= 4 is 56.8 Å². The Bertz CT molecular complexity index is 1900. The van der Waals surface area contributed by atoms with Crippen molar-refractivity contribution in [1.29, 1.82) is 0 Å². The highest BCUT2D eigenvalue weighted by atomic mass is 127. The number of fused-ring (bicyclic) bond motifs is 1. The zero-order valence-corrected chi connectivity index (χ0v) is 23.7. The molecule has 4 aromatic rings. The van der Waals surface area contributed by atoms with Crippen molar-refractivity contribution in [2.24, 2.45) is 13.0 Å². The summed E-state index contributed by atoms with van der Waals surface area (Å²) < 4.78 is 18.2. The van der Waals surface area contributed by atoms with Crippen molar-refractivity contribution in [3.8, 4) is 5.69 Å². The molecule has 0 bridgehead atoms. The lowest BCUT2D eigenvalue weighted by molar-refractivity contribution is -0.137. The number of anilines is 2. The smallest absolute Gasteiger partial charge is 0.336 e. The minimum absolute atomic E-state index is 0.0322. The molecule has 1 fully saturated rings. The topological polar surface area (TPSA) is 132 Å². The maximum atomic E-state index is 14.8. The molecule has 2 aromatic carbocycles. The number of aromatic nitrogens is 3. The number of Topliss-reactive ketones (excluding diaryl/α,β-unsaturated/α-hetero) is 1. The maximum Gasteiger partial charge on any atom is 0.336 e. The molecule has 1 aliphatic carbocycles. The van der Waals surface area contributed by atoms with Crippen LogP contribution in [0, 0.1) is 22.2 Å². The number of carbonyl (C=O) groups is 2. The number of nitrogens with one attached hydrogen (secondary N) is 1. The summed E-state index contributed by atoms with van der Waals surface area (Å²) in [5.74, 6) is -1.97. The maximum absolute atomic E-state index is 14.8. The molecule has 2 aromatic heterocycles. The van der Waals surface area contributed by atoms with Crippen LogP contribution in [0.3, 0.4) is 0 Å². The van der Waals surface area contributed by atoms with E-state index in [-0.39, 0.29) is 39.4 Å². The molecular weight excluding hydrogens is 634 g/mol. The first-order chi connectivity index (χ1) is 19.0. The van der Waals surface area contributed by atoms with E-state index < -0.39 is 35.1 Å². The molecule has 12 heteroatoms. The summed E-state index contributed by atoms with van der Waals surface area (Å²) in [7, 11) is 1.38. The van der Waals surface area contributed by atoms with Crippen LogP contribution in [0.15, 0.2) is 56.8 Å². The van der Waals surface area contributed by atoms with Crippen molar-refractivity contribution in [1.82, 2.24) is 13.7 Å². The van der Waals surface area contributed by atoms with Crippen molar-refractivity contribution < 1.29 is 19.1 Å². The lowest BCUT2D eigenvalue weighted by Gasteiger charge is -2.20. The van der Waals surface area contributed by atoms with Crippen molar-refractivity contribution in [3.63, 3.8) is 0 Å². The Hall–Kier alpha value is -4.07. The van der Waals surface area contributed by atoms with E-state index in [4.69, 9.17) is 0 Å². The third-order valence-corrected chi connectivity index (χ3v) is 7.64. The molecule has 2 N–H and O–H groups in total. The zero-order valence-electron chi connectivity index (χ0n) is 21.5. The number of rotatable bonds is 8. The number of aliphatic carboxylic acids is 1. The van der Waals surface area contributed by atoms with Crippen LogP contribution in [-0.4, -0.2) is 30.6 Å². The van der Waals surface area contributed by atoms with E-state index in [9.17, 15) is 33.5 Å². The first-order valence-corrected chi connectivity index (χ1v) is 13.5. The van der Waals surface area contributed by atoms with E-state index in [0.717, 1.165) is 22.0 Å². The number of benzene rings is 2. The van der Waals surface area contributed by atoms with Crippen molar-refractivity contribution in [2.75, 3.05) is 5.32 Å². The molecule has 0 amide bonds. The lowest BCUT2D eigenvalue weighted by Crippen LogP contribution is -2.43. The quantitative estimate of drug-likeness (QED) is 0.218. The van der Waals surface area contributed by atoms with E-state index in [0.29, 0.717) is 26.0 Å². The number of carboxylic acid groups (broad SMARTS) is 1. The van der Waals surface area contributed by atoms with E-state index in [2.05, 4.69) is 5.32 Å². The lowest BCUT2D eigenvalue weighted by atomic mass is 10.0. The van der Waals surface area contributed by atoms with Gasteiger partial charge in [-0.1, -0.05) is 12.1 Å². The first-order valence-electron chi connectivity index (χ1n) is 12.4. The number of hydrogen-bond donors (Lipinski definition) is 2. The zero-order chi connectivity index (χ0) is 28.9. The van der Waals surface area contributed by atoms with Gasteiger partial charge < -0.3 is 10.4 Å². The van der Waals surface area contributed by atoms with Crippen LogP contribution in [0.5, 0.6) is 0 Å². The van der Waals surface area contributed by atoms with Crippen LogP contribution in [0.1, 0.15) is 35.2 Å². The number of pyridine rings is 1. The van der Waals surface area contributed by atoms with Gasteiger partial charge in [0, 0.05) is 28.2 Å². The largest absolute Gasteiger partial charge is 0.480 e. The molecule has 0 saturated heterocycles. The summed E-state index contributed by atoms with van der Waals surface area (Å²) in [6.45, 7) is 0.492. The number of hydrogen-bond acceptors (Lipinski definition) is 6. The van der Waals surface area contributed by atoms with Gasteiger partial charge in [0.05, 0.1) is 16.9 Å². The SMILES string of the molecule is Cc1c(=O)n(C)c(Nc2ccc(I)cc2F)c2c(=O)n(CC(=O)O)c(=O)n(-c3cccc(C(=O)CC4CC4)c3)c12. The van der Waals surface area contributed by atoms with Crippen molar-refractivity contribution in [3.05, 3.63) is 94.2 Å². The Morgan fingerprint density at radius 2 is 1.82 bits per heavy atom. The normalized spacial score (nSPS) is 13.0. The van der Waals surface area contributed by atoms with Gasteiger partial charge in [-0.2, -0.15) is 0 Å². The summed E-state index contributed by atoms with van der Waals surface area (Å²) in [5.41, 5.74) is -2.06. The second kappa shape index (κ2) is 10.5. The molecule has 0 aliphatic heterocycles. The summed E-state index contributed by atoms with van der Waals surface area (Å²) in [6.07, 6.45) is 2.33. The highest BCUT2D eigenvalue weighted by Crippen LogP contribution is 2.34. The minimum atomic E-state index is -1.43. The number of nitrogens with zero attached hydrogens (tertiary/aromatic N) is 3. The van der Waals surface area contributed by atoms with Gasteiger partial charge in [0.2, 0.25) is 0 Å². The molecule has 40 heavy (non-hydrogen) atoms. The minimum Gasteiger partial charge on any atom is -0.480 e. The Balaban J connectivity index is 1.86. The molecule has 1 aliphatic rings. The fourth-order valence-electron chi connectivity index (χ4n) is 4.74. The Morgan fingerprint density at radius 3 is 2.48 bits per heavy atom. The third kappa shape index (κ3) is 4.98. The van der Waals surface area contributed by atoms with Gasteiger partial charge in [0.25, 0.3) is 11.1 Å². The highest BCUT2D eigenvalue weighted by Gasteiger charge is 2.27. The van der Waals surface area contributed by atoms with Gasteiger partial charge in [-0.3, -0.25) is 28.3 Å². The summed E-state index contributed by atoms with van der Waals surface area (Å²) in [5, 5.41) is 12.1. The van der Waals surface area contributed by atoms with Gasteiger partial charge in [-0.15, -0.1) is 0 Å². The first kappa shape index (κ1) is 27.5. The monoisotopic (exact) mass is 658 g/mol. The summed E-state index contributed by atoms with van der Waals surface area (Å²) in [6, 6.07) is 10.6. The van der Waals surface area contributed by atoms with Gasteiger partial charge in [0.1, 0.15) is 23.6 Å². The molecule has 0 atom stereocenters. The fraction of sp³-hybridized carbons (Fsp3) is 0.250. The van der Waals surface area contributed by atoms with E-state index >= 15 is 0 Å². The molecule has 206 valence electrons. The molecule has 5 rings (SSSR count). The van der Waals surface area contributed by atoms with Crippen LogP contribution in [-0.2, 0) is 18.4 Å². The Morgan fingerprint density at radius 1 is 1.10 bits per heavy atom. The number of carbonyl (C=O) groups excluding carboxylic acids is 1. The van der Waals surface area contributed by atoms with Crippen molar-refractivity contribution in [2.45, 2.75) is 32.7 Å². The van der Waals surface area contributed by atoms with Crippen LogP contribution >= 0.6 is 22.6 Å². The van der Waals surface area contributed by atoms with Crippen LogP contribution in [0.4, 0.5) is 15.9 Å². The van der Waals surface area contributed by atoms with Crippen LogP contribution in [0.2, 0.25) is 0 Å². The highest BCUT2D eigenvalue weighted by molar-refractivity contribution is 14.1. The average molecular weight is 658 g/mol. The van der Waals surface area contributed by atoms with Gasteiger partial charge in [-0.05, 0) is 78.6 Å². The predicted molar refractivity (Wildman–Crippen MR) is 155 cm³/mol. The average Bonchev–Trinajstić information content (AvgIpc) is 3.73. The molecule has 0 unspecified atom stereocenters. The van der Waals surface area contributed by atoms with Crippen LogP contribution in [0.25, 0.3) is 16.6 Å². The van der Waals surface area contributed by atoms with E-state index in [1.807, 2.05) is 22.6 Å². The summed E-state index contributed by atoms with van der Waals surface area (Å²) in [4.78, 5) is 65.3. The number of carboxylic acids is 1. The van der Waals surface area contributed by atoms with Crippen LogP contribution < -0.4 is 22.1 Å². The number of aryl methyl sites for hydroxylation is 1. The molecule has 0 spiro atoms. The second-order valence-corrected chi connectivity index (χ2v) is 11.1. The third-order valence-electron chi connectivity index (χ3n) is 6.97. The predicted octanol–water partition coefficient (Wildman–Crippen LogP) is 3.71. The second-order valence-electron chi connectivity index (χ2n) is 9.83. The van der Waals surface area contributed by atoms with Gasteiger partial charge in [-0.25, -0.2) is 13.8 Å². The van der Waals surface area contributed by atoms with Gasteiger partial charge >= 0.3 is 11.7 Å². The number of ketones is 1. The Labute approximate surface area is 239 Å². The molecule has 2 heterocycles. The molecule has 1 saturated carbocycles. The van der Waals surface area contributed by atoms with Gasteiger partial charge in [0.15, 0.2) is 5.78 Å². The molecule has 10 nitrogen and oxygen atoms in total. The van der Waals surface area contributed by atoms with E-state index in [1.54, 1.807) is 18.2 Å². The molecule has 0 radical (unpaired) electrons. The summed E-state index contributed by atoms with van der Waals surface area (Å²) >= 11 is 1.94.